The van der Waals surface area contributed by atoms with Gasteiger partial charge in [0.05, 0.1) is 0 Å². The smallest absolute Gasteiger partial charge is 0.241 e. The molecule has 16 heavy (non-hydrogen) atoms. The highest BCUT2D eigenvalue weighted by Crippen LogP contribution is 2.26. The van der Waals surface area contributed by atoms with Gasteiger partial charge in [-0.2, -0.15) is 0 Å². The Labute approximate surface area is 92.6 Å². The number of oxime groups is 1. The molecule has 2 aromatic rings. The lowest BCUT2D eigenvalue weighted by Gasteiger charge is -2.14. The molecular formula is C12H12N2O2. The summed E-state index contributed by atoms with van der Waals surface area (Å²) in [7, 11) is 0. The summed E-state index contributed by atoms with van der Waals surface area (Å²) in [5, 5.41) is 11.3. The molecule has 0 spiro atoms. The lowest BCUT2D eigenvalue weighted by molar-refractivity contribution is 0.320. The average molecular weight is 216 g/mol. The van der Waals surface area contributed by atoms with Gasteiger partial charge in [-0.05, 0) is 48.9 Å². The van der Waals surface area contributed by atoms with Crippen LogP contribution in [0.15, 0.2) is 21.7 Å². The minimum Gasteiger partial charge on any atom is -0.435 e. The van der Waals surface area contributed by atoms with Gasteiger partial charge in [-0.15, -0.1) is 0 Å². The van der Waals surface area contributed by atoms with Gasteiger partial charge in [0, 0.05) is 0 Å². The van der Waals surface area contributed by atoms with Crippen LogP contribution in [0.25, 0.3) is 11.1 Å². The van der Waals surface area contributed by atoms with Crippen molar-refractivity contribution in [2.45, 2.75) is 25.7 Å². The lowest BCUT2D eigenvalue weighted by Crippen LogP contribution is -2.01. The summed E-state index contributed by atoms with van der Waals surface area (Å²) in [5.41, 5.74) is 4.35. The van der Waals surface area contributed by atoms with Crippen molar-refractivity contribution in [2.24, 2.45) is 5.16 Å². The van der Waals surface area contributed by atoms with Crippen molar-refractivity contribution in [1.82, 2.24) is 4.98 Å². The Bertz CT molecular complexity index is 514. The summed E-state index contributed by atoms with van der Waals surface area (Å²) >= 11 is 0. The minimum absolute atomic E-state index is 0.347. The van der Waals surface area contributed by atoms with E-state index in [0.717, 1.165) is 23.9 Å². The molecule has 1 N–H and O–H groups in total. The number of nitrogens with zero attached hydrogens (tertiary/aromatic N) is 2. The van der Waals surface area contributed by atoms with Gasteiger partial charge in [0.2, 0.25) is 5.89 Å². The molecule has 4 nitrogen and oxygen atoms in total. The maximum absolute atomic E-state index is 8.43. The molecule has 4 heteroatoms. The van der Waals surface area contributed by atoms with Crippen LogP contribution in [0.5, 0.6) is 0 Å². The standard InChI is InChI=1S/C12H12N2O2/c15-13-7-12-14-10-5-8-3-1-2-4-9(8)6-11(10)16-12/h5-7,15H,1-4H2. The Morgan fingerprint density at radius 3 is 2.75 bits per heavy atom. The van der Waals surface area contributed by atoms with Crippen molar-refractivity contribution < 1.29 is 9.62 Å². The van der Waals surface area contributed by atoms with Crippen LogP contribution in [0.2, 0.25) is 0 Å². The van der Waals surface area contributed by atoms with E-state index < -0.39 is 0 Å². The van der Waals surface area contributed by atoms with Gasteiger partial charge < -0.3 is 9.62 Å². The van der Waals surface area contributed by atoms with Crippen molar-refractivity contribution in [2.75, 3.05) is 0 Å². The molecule has 0 amide bonds. The Morgan fingerprint density at radius 2 is 2.00 bits per heavy atom. The fourth-order valence-electron chi connectivity index (χ4n) is 2.28. The molecule has 0 fully saturated rings. The van der Waals surface area contributed by atoms with Crippen molar-refractivity contribution in [3.63, 3.8) is 0 Å². The first kappa shape index (κ1) is 9.39. The molecule has 0 unspecified atom stereocenters. The molecular weight excluding hydrogens is 204 g/mol. The zero-order valence-electron chi connectivity index (χ0n) is 8.81. The summed E-state index contributed by atoms with van der Waals surface area (Å²) in [6, 6.07) is 4.15. The van der Waals surface area contributed by atoms with Gasteiger partial charge in [0.25, 0.3) is 0 Å². The van der Waals surface area contributed by atoms with Crippen LogP contribution in [-0.4, -0.2) is 16.4 Å². The molecule has 3 rings (SSSR count). The van der Waals surface area contributed by atoms with E-state index in [2.05, 4.69) is 22.3 Å². The quantitative estimate of drug-likeness (QED) is 0.452. The first-order valence-electron chi connectivity index (χ1n) is 5.46. The number of hydrogen-bond donors (Lipinski definition) is 1. The van der Waals surface area contributed by atoms with E-state index in [1.165, 1.54) is 30.2 Å². The Morgan fingerprint density at radius 1 is 1.25 bits per heavy atom. The summed E-state index contributed by atoms with van der Waals surface area (Å²) in [4.78, 5) is 4.23. The molecule has 1 aromatic heterocycles. The molecule has 0 bridgehead atoms. The zero-order valence-corrected chi connectivity index (χ0v) is 8.81. The molecule has 82 valence electrons. The van der Waals surface area contributed by atoms with E-state index in [1.54, 1.807) is 0 Å². The van der Waals surface area contributed by atoms with Gasteiger partial charge in [0.1, 0.15) is 11.7 Å². The van der Waals surface area contributed by atoms with Crippen molar-refractivity contribution in [1.29, 1.82) is 0 Å². The largest absolute Gasteiger partial charge is 0.435 e. The van der Waals surface area contributed by atoms with Crippen LogP contribution in [0.3, 0.4) is 0 Å². The zero-order chi connectivity index (χ0) is 11.0. The third-order valence-corrected chi connectivity index (χ3v) is 3.04. The molecule has 0 saturated heterocycles. The molecule has 1 heterocycles. The third kappa shape index (κ3) is 1.46. The van der Waals surface area contributed by atoms with Crippen LogP contribution in [0.4, 0.5) is 0 Å². The molecule has 1 aliphatic rings. The number of fused-ring (bicyclic) bond motifs is 2. The molecule has 0 saturated carbocycles. The van der Waals surface area contributed by atoms with E-state index in [-0.39, 0.29) is 0 Å². The average Bonchev–Trinajstić information content (AvgIpc) is 2.67. The third-order valence-electron chi connectivity index (χ3n) is 3.04. The number of hydrogen-bond acceptors (Lipinski definition) is 4. The molecule has 0 atom stereocenters. The van der Waals surface area contributed by atoms with E-state index in [1.807, 2.05) is 0 Å². The number of rotatable bonds is 1. The minimum atomic E-state index is 0.347. The number of benzene rings is 1. The molecule has 0 aliphatic heterocycles. The van der Waals surface area contributed by atoms with E-state index >= 15 is 0 Å². The summed E-state index contributed by atoms with van der Waals surface area (Å²) in [6.45, 7) is 0. The number of aromatic nitrogens is 1. The fourth-order valence-corrected chi connectivity index (χ4v) is 2.28. The maximum atomic E-state index is 8.43. The summed E-state index contributed by atoms with van der Waals surface area (Å²) in [5.74, 6) is 0.347. The normalized spacial score (nSPS) is 15.8. The van der Waals surface area contributed by atoms with Crippen molar-refractivity contribution in [3.8, 4) is 0 Å². The van der Waals surface area contributed by atoms with Gasteiger partial charge in [-0.3, -0.25) is 0 Å². The van der Waals surface area contributed by atoms with Crippen LogP contribution >= 0.6 is 0 Å². The second kappa shape index (κ2) is 3.63. The highest BCUT2D eigenvalue weighted by atomic mass is 16.4. The van der Waals surface area contributed by atoms with Gasteiger partial charge in [0.15, 0.2) is 5.58 Å². The Balaban J connectivity index is 2.16. The SMILES string of the molecule is ON=Cc1nc2cc3c(cc2o1)CCCC3. The number of oxazole rings is 1. The van der Waals surface area contributed by atoms with Gasteiger partial charge >= 0.3 is 0 Å². The fraction of sp³-hybridized carbons (Fsp3) is 0.333. The first-order valence-corrected chi connectivity index (χ1v) is 5.46. The second-order valence-electron chi connectivity index (χ2n) is 4.09. The monoisotopic (exact) mass is 216 g/mol. The molecule has 1 aliphatic carbocycles. The Kier molecular flexibility index (Phi) is 2.13. The predicted molar refractivity (Wildman–Crippen MR) is 60.0 cm³/mol. The van der Waals surface area contributed by atoms with Crippen LogP contribution in [0, 0.1) is 0 Å². The highest BCUT2D eigenvalue weighted by Gasteiger charge is 2.13. The van der Waals surface area contributed by atoms with Crippen molar-refractivity contribution >= 4 is 17.3 Å². The van der Waals surface area contributed by atoms with Crippen LogP contribution in [0.1, 0.15) is 29.9 Å². The van der Waals surface area contributed by atoms with Crippen LogP contribution < -0.4 is 0 Å². The van der Waals surface area contributed by atoms with Gasteiger partial charge in [-0.1, -0.05) is 5.16 Å². The predicted octanol–water partition coefficient (Wildman–Crippen LogP) is 2.51. The maximum Gasteiger partial charge on any atom is 0.241 e. The highest BCUT2D eigenvalue weighted by molar-refractivity contribution is 5.81. The second-order valence-corrected chi connectivity index (χ2v) is 4.09. The summed E-state index contributed by atoms with van der Waals surface area (Å²) < 4.78 is 5.45. The molecule has 1 aromatic carbocycles. The topological polar surface area (TPSA) is 58.6 Å². The first-order chi connectivity index (χ1) is 7.86. The molecule has 0 radical (unpaired) electrons. The van der Waals surface area contributed by atoms with E-state index in [9.17, 15) is 0 Å². The number of aryl methyl sites for hydroxylation is 2. The van der Waals surface area contributed by atoms with E-state index in [0.29, 0.717) is 5.89 Å². The lowest BCUT2D eigenvalue weighted by atomic mass is 9.91. The Hall–Kier alpha value is -1.84. The van der Waals surface area contributed by atoms with Gasteiger partial charge in [-0.25, -0.2) is 4.98 Å². The van der Waals surface area contributed by atoms with E-state index in [4.69, 9.17) is 9.62 Å². The summed E-state index contributed by atoms with van der Waals surface area (Å²) in [6.07, 6.45) is 5.95. The van der Waals surface area contributed by atoms with Crippen molar-refractivity contribution in [3.05, 3.63) is 29.2 Å². The van der Waals surface area contributed by atoms with Crippen LogP contribution in [-0.2, 0) is 12.8 Å².